The molecular formula is C16H13F3O4S. The third-order valence-corrected chi connectivity index (χ3v) is 4.44. The summed E-state index contributed by atoms with van der Waals surface area (Å²) in [6, 6.07) is 8.07. The van der Waals surface area contributed by atoms with Crippen LogP contribution < -0.4 is 4.74 Å². The van der Waals surface area contributed by atoms with Gasteiger partial charge in [0.05, 0.1) is 23.1 Å². The van der Waals surface area contributed by atoms with Crippen LogP contribution in [0.4, 0.5) is 13.2 Å². The maximum atomic E-state index is 12.8. The molecule has 0 unspecified atom stereocenters. The maximum absolute atomic E-state index is 12.8. The van der Waals surface area contributed by atoms with Gasteiger partial charge in [0.2, 0.25) is 0 Å². The first-order chi connectivity index (χ1) is 11.1. The van der Waals surface area contributed by atoms with E-state index in [9.17, 15) is 26.4 Å². The van der Waals surface area contributed by atoms with Crippen molar-refractivity contribution in [3.63, 3.8) is 0 Å². The minimum absolute atomic E-state index is 0.0599. The van der Waals surface area contributed by atoms with E-state index in [4.69, 9.17) is 4.74 Å². The topological polar surface area (TPSA) is 60.4 Å². The first kappa shape index (κ1) is 18.0. The predicted molar refractivity (Wildman–Crippen MR) is 81.0 cm³/mol. The molecule has 0 bridgehead atoms. The van der Waals surface area contributed by atoms with E-state index in [1.807, 2.05) is 0 Å². The van der Waals surface area contributed by atoms with Gasteiger partial charge in [0, 0.05) is 11.8 Å². The summed E-state index contributed by atoms with van der Waals surface area (Å²) >= 11 is 0. The smallest absolute Gasteiger partial charge is 0.416 e. The van der Waals surface area contributed by atoms with Crippen LogP contribution in [-0.2, 0) is 16.0 Å². The molecule has 0 amide bonds. The molecule has 0 fully saturated rings. The molecule has 128 valence electrons. The highest BCUT2D eigenvalue weighted by Crippen LogP contribution is 2.33. The second-order valence-corrected chi connectivity index (χ2v) is 6.99. The molecule has 0 aliphatic carbocycles. The molecule has 0 aromatic heterocycles. The van der Waals surface area contributed by atoms with Crippen LogP contribution in [0, 0.1) is 0 Å². The molecule has 0 radical (unpaired) electrons. The van der Waals surface area contributed by atoms with Crippen molar-refractivity contribution in [2.45, 2.75) is 11.1 Å². The number of methoxy groups -OCH3 is 1. The Labute approximate surface area is 136 Å². The van der Waals surface area contributed by atoms with E-state index in [1.54, 1.807) is 12.1 Å². The van der Waals surface area contributed by atoms with Gasteiger partial charge in [-0.25, -0.2) is 8.42 Å². The van der Waals surface area contributed by atoms with Gasteiger partial charge in [-0.1, -0.05) is 12.1 Å². The van der Waals surface area contributed by atoms with Crippen molar-refractivity contribution < 1.29 is 31.1 Å². The van der Waals surface area contributed by atoms with Crippen LogP contribution in [0.1, 0.15) is 21.5 Å². The molecule has 0 saturated carbocycles. The zero-order valence-corrected chi connectivity index (χ0v) is 13.5. The van der Waals surface area contributed by atoms with Crippen molar-refractivity contribution in [2.75, 3.05) is 13.4 Å². The van der Waals surface area contributed by atoms with E-state index in [0.717, 1.165) is 12.3 Å². The number of rotatable bonds is 4. The summed E-state index contributed by atoms with van der Waals surface area (Å²) in [6.07, 6.45) is -3.97. The van der Waals surface area contributed by atoms with Gasteiger partial charge in [0.1, 0.15) is 5.75 Å². The number of ether oxygens (including phenoxy) is 1. The normalized spacial score (nSPS) is 12.0. The lowest BCUT2D eigenvalue weighted by Gasteiger charge is -2.13. The van der Waals surface area contributed by atoms with Gasteiger partial charge in [-0.15, -0.1) is 0 Å². The molecule has 0 atom stereocenters. The number of carbonyl (C=O) groups is 1. The fourth-order valence-corrected chi connectivity index (χ4v) is 3.07. The lowest BCUT2D eigenvalue weighted by atomic mass is 10.0. The Bertz CT molecular complexity index is 886. The first-order valence-electron chi connectivity index (χ1n) is 6.64. The molecule has 24 heavy (non-hydrogen) atoms. The molecular weight excluding hydrogens is 345 g/mol. The molecule has 2 rings (SSSR count). The molecule has 0 saturated heterocycles. The van der Waals surface area contributed by atoms with Crippen molar-refractivity contribution in [1.29, 1.82) is 0 Å². The van der Waals surface area contributed by atoms with Crippen molar-refractivity contribution >= 4 is 15.6 Å². The molecule has 0 heterocycles. The van der Waals surface area contributed by atoms with E-state index in [-0.39, 0.29) is 16.9 Å². The summed E-state index contributed by atoms with van der Waals surface area (Å²) in [5, 5.41) is 0. The average Bonchev–Trinajstić information content (AvgIpc) is 2.52. The van der Waals surface area contributed by atoms with Crippen LogP contribution >= 0.6 is 0 Å². The van der Waals surface area contributed by atoms with Crippen molar-refractivity contribution in [1.82, 2.24) is 0 Å². The van der Waals surface area contributed by atoms with Gasteiger partial charge in [0.15, 0.2) is 15.6 Å². The number of halogens is 3. The molecule has 4 nitrogen and oxygen atoms in total. The molecule has 8 heteroatoms. The van der Waals surface area contributed by atoms with E-state index < -0.39 is 32.3 Å². The largest absolute Gasteiger partial charge is 0.496 e. The van der Waals surface area contributed by atoms with Crippen LogP contribution in [0.25, 0.3) is 0 Å². The summed E-state index contributed by atoms with van der Waals surface area (Å²) in [5.74, 6) is -0.538. The van der Waals surface area contributed by atoms with Crippen LogP contribution in [0.5, 0.6) is 5.75 Å². The lowest BCUT2D eigenvalue weighted by molar-refractivity contribution is -0.137. The van der Waals surface area contributed by atoms with Gasteiger partial charge in [-0.2, -0.15) is 13.2 Å². The predicted octanol–water partition coefficient (Wildman–Crippen LogP) is 3.35. The Hall–Kier alpha value is -2.35. The fourth-order valence-electron chi connectivity index (χ4n) is 2.17. The second-order valence-electron chi connectivity index (χ2n) is 5.01. The highest BCUT2D eigenvalue weighted by molar-refractivity contribution is 7.90. The van der Waals surface area contributed by atoms with E-state index in [0.29, 0.717) is 12.1 Å². The molecule has 0 aliphatic rings. The van der Waals surface area contributed by atoms with Gasteiger partial charge < -0.3 is 4.74 Å². The van der Waals surface area contributed by atoms with Gasteiger partial charge in [-0.3, -0.25) is 4.79 Å². The Morgan fingerprint density at radius 1 is 1.04 bits per heavy atom. The van der Waals surface area contributed by atoms with E-state index in [2.05, 4.69) is 0 Å². The minimum Gasteiger partial charge on any atom is -0.496 e. The second kappa shape index (κ2) is 6.27. The van der Waals surface area contributed by atoms with Crippen molar-refractivity contribution in [2.24, 2.45) is 0 Å². The average molecular weight is 358 g/mol. The van der Waals surface area contributed by atoms with E-state index >= 15 is 0 Å². The van der Waals surface area contributed by atoms with Crippen LogP contribution in [-0.4, -0.2) is 27.6 Å². The molecule has 0 aliphatic heterocycles. The lowest BCUT2D eigenvalue weighted by Crippen LogP contribution is -2.13. The zero-order valence-electron chi connectivity index (χ0n) is 12.7. The fraction of sp³-hybridized carbons (Fsp3) is 0.188. The highest BCUT2D eigenvalue weighted by atomic mass is 32.2. The summed E-state index contributed by atoms with van der Waals surface area (Å²) in [5.41, 5.74) is -1.42. The standard InChI is InChI=1S/C16H13F3O4S/c1-23-13-6-4-3-5-11(13)15(20)12-8-7-10(16(17,18)19)9-14(12)24(2,21)22/h3-9H,1-2H3. The molecule has 2 aromatic carbocycles. The summed E-state index contributed by atoms with van der Waals surface area (Å²) in [7, 11) is -2.72. The number of para-hydroxylation sites is 1. The minimum atomic E-state index is -4.72. The number of benzene rings is 2. The van der Waals surface area contributed by atoms with E-state index in [1.165, 1.54) is 19.2 Å². The Kier molecular flexibility index (Phi) is 4.70. The molecule has 0 spiro atoms. The first-order valence-corrected chi connectivity index (χ1v) is 8.54. The summed E-state index contributed by atoms with van der Waals surface area (Å²) in [4.78, 5) is 12.0. The quantitative estimate of drug-likeness (QED) is 0.787. The number of ketones is 1. The highest BCUT2D eigenvalue weighted by Gasteiger charge is 2.33. The number of sulfone groups is 1. The van der Waals surface area contributed by atoms with Crippen molar-refractivity contribution in [3.05, 3.63) is 59.2 Å². The number of hydrogen-bond donors (Lipinski definition) is 0. The van der Waals surface area contributed by atoms with Gasteiger partial charge >= 0.3 is 6.18 Å². The summed E-state index contributed by atoms with van der Waals surface area (Å²) in [6.45, 7) is 0. The Morgan fingerprint density at radius 3 is 2.21 bits per heavy atom. The third-order valence-electron chi connectivity index (χ3n) is 3.30. The zero-order chi connectivity index (χ0) is 18.1. The SMILES string of the molecule is COc1ccccc1C(=O)c1ccc(C(F)(F)F)cc1S(C)(=O)=O. The van der Waals surface area contributed by atoms with Crippen LogP contribution in [0.15, 0.2) is 47.4 Å². The monoisotopic (exact) mass is 358 g/mol. The van der Waals surface area contributed by atoms with Crippen LogP contribution in [0.2, 0.25) is 0 Å². The Morgan fingerprint density at radius 2 is 1.67 bits per heavy atom. The third kappa shape index (κ3) is 3.59. The van der Waals surface area contributed by atoms with Gasteiger partial charge in [-0.05, 0) is 30.3 Å². The van der Waals surface area contributed by atoms with Crippen LogP contribution in [0.3, 0.4) is 0 Å². The maximum Gasteiger partial charge on any atom is 0.416 e. The number of carbonyl (C=O) groups excluding carboxylic acids is 1. The number of hydrogen-bond acceptors (Lipinski definition) is 4. The van der Waals surface area contributed by atoms with Gasteiger partial charge in [0.25, 0.3) is 0 Å². The van der Waals surface area contributed by atoms with Crippen molar-refractivity contribution in [3.8, 4) is 5.75 Å². The Balaban J connectivity index is 2.68. The molecule has 2 aromatic rings. The molecule has 0 N–H and O–H groups in total. The number of alkyl halides is 3. The summed E-state index contributed by atoms with van der Waals surface area (Å²) < 4.78 is 67.3.